The maximum absolute atomic E-state index is 9.49. The van der Waals surface area contributed by atoms with E-state index in [0.717, 1.165) is 43.0 Å². The van der Waals surface area contributed by atoms with Crippen molar-refractivity contribution in [2.45, 2.75) is 73.1 Å². The van der Waals surface area contributed by atoms with Gasteiger partial charge in [-0.2, -0.15) is 0 Å². The van der Waals surface area contributed by atoms with Gasteiger partial charge in [0, 0.05) is 13.6 Å². The molecule has 1 aromatic heterocycles. The number of nitrogens with zero attached hydrogens (tertiary/aromatic N) is 4. The zero-order valence-corrected chi connectivity index (χ0v) is 20.8. The maximum atomic E-state index is 9.49. The molecule has 1 fully saturated rings. The number of fused-ring (bicyclic) bond motifs is 2. The number of allylic oxidation sites excluding steroid dienone is 3. The molecule has 2 aliphatic carbocycles. The molecular weight excluding hydrogens is 398 g/mol. The van der Waals surface area contributed by atoms with Crippen LogP contribution in [0.15, 0.2) is 29.6 Å². The minimum atomic E-state index is 0.384. The molecule has 32 heavy (non-hydrogen) atoms. The van der Waals surface area contributed by atoms with Crippen LogP contribution < -0.4 is 15.3 Å². The summed E-state index contributed by atoms with van der Waals surface area (Å²) in [4.78, 5) is 12.9. The van der Waals surface area contributed by atoms with Crippen LogP contribution in [-0.4, -0.2) is 35.4 Å². The molecule has 4 rings (SSSR count). The third-order valence-corrected chi connectivity index (χ3v) is 9.28. The summed E-state index contributed by atoms with van der Waals surface area (Å²) in [5.74, 6) is 2.87. The fraction of sp³-hybridized carbons (Fsp3) is 0.692. The first kappa shape index (κ1) is 23.1. The molecule has 0 saturated heterocycles. The predicted molar refractivity (Wildman–Crippen MR) is 132 cm³/mol. The molecule has 2 N–H and O–H groups in total. The third kappa shape index (κ3) is 3.81. The van der Waals surface area contributed by atoms with Crippen LogP contribution in [0.4, 0.5) is 17.3 Å². The van der Waals surface area contributed by atoms with Crippen LogP contribution in [0.3, 0.4) is 0 Å². The molecule has 3 aliphatic rings. The van der Waals surface area contributed by atoms with E-state index in [2.05, 4.69) is 72.0 Å². The SMILES string of the molecule is CC1=CCC[C@@H]2[C@@](C)(CC/C(C)=C/CN3CN(C)c4ncnc(NO)c43)[C@H](C)CC[C@@]12C. The Kier molecular flexibility index (Phi) is 6.27. The topological polar surface area (TPSA) is 64.5 Å². The van der Waals surface area contributed by atoms with E-state index in [9.17, 15) is 5.21 Å². The zero-order valence-electron chi connectivity index (χ0n) is 20.8. The van der Waals surface area contributed by atoms with Gasteiger partial charge in [-0.3, -0.25) is 10.7 Å². The van der Waals surface area contributed by atoms with Gasteiger partial charge in [0.15, 0.2) is 11.6 Å². The monoisotopic (exact) mass is 439 g/mol. The largest absolute Gasteiger partial charge is 0.344 e. The second kappa shape index (κ2) is 8.69. The van der Waals surface area contributed by atoms with Crippen LogP contribution in [0, 0.1) is 22.7 Å². The van der Waals surface area contributed by atoms with Gasteiger partial charge in [0.1, 0.15) is 12.0 Å². The Morgan fingerprint density at radius 2 is 2.09 bits per heavy atom. The number of nitrogens with one attached hydrogen (secondary N) is 1. The quantitative estimate of drug-likeness (QED) is 0.418. The average Bonchev–Trinajstić information content (AvgIpc) is 3.11. The molecule has 0 bridgehead atoms. The van der Waals surface area contributed by atoms with E-state index in [-0.39, 0.29) is 0 Å². The molecule has 1 saturated carbocycles. The van der Waals surface area contributed by atoms with Gasteiger partial charge >= 0.3 is 0 Å². The molecule has 1 aromatic rings. The normalized spacial score (nSPS) is 32.5. The molecule has 2 heterocycles. The molecule has 1 aliphatic heterocycles. The summed E-state index contributed by atoms with van der Waals surface area (Å²) < 4.78 is 0. The smallest absolute Gasteiger partial charge is 0.178 e. The first-order valence-electron chi connectivity index (χ1n) is 12.2. The van der Waals surface area contributed by atoms with E-state index in [1.54, 1.807) is 5.57 Å². The van der Waals surface area contributed by atoms with Crippen molar-refractivity contribution in [3.8, 4) is 0 Å². The van der Waals surface area contributed by atoms with E-state index in [4.69, 9.17) is 0 Å². The van der Waals surface area contributed by atoms with E-state index in [1.165, 1.54) is 44.0 Å². The Labute approximate surface area is 193 Å². The molecule has 6 heteroatoms. The summed E-state index contributed by atoms with van der Waals surface area (Å²) in [6.45, 7) is 13.8. The van der Waals surface area contributed by atoms with Gasteiger partial charge in [-0.25, -0.2) is 9.97 Å². The van der Waals surface area contributed by atoms with Crippen LogP contribution in [0.2, 0.25) is 0 Å². The number of rotatable bonds is 6. The van der Waals surface area contributed by atoms with Gasteiger partial charge in [-0.1, -0.05) is 44.1 Å². The Balaban J connectivity index is 1.45. The summed E-state index contributed by atoms with van der Waals surface area (Å²) in [5.41, 5.74) is 6.95. The summed E-state index contributed by atoms with van der Waals surface area (Å²) >= 11 is 0. The molecular formula is C26H41N5O. The second-order valence-electron chi connectivity index (χ2n) is 11.0. The highest BCUT2D eigenvalue weighted by atomic mass is 16.5. The molecule has 0 radical (unpaired) electrons. The lowest BCUT2D eigenvalue weighted by atomic mass is 9.47. The van der Waals surface area contributed by atoms with Crippen molar-refractivity contribution < 1.29 is 5.21 Å². The lowest BCUT2D eigenvalue weighted by Crippen LogP contribution is -2.49. The Bertz CT molecular complexity index is 911. The van der Waals surface area contributed by atoms with Crippen LogP contribution >= 0.6 is 0 Å². The van der Waals surface area contributed by atoms with Crippen LogP contribution in [0.1, 0.15) is 73.1 Å². The number of anilines is 3. The van der Waals surface area contributed by atoms with E-state index in [1.807, 2.05) is 7.05 Å². The maximum Gasteiger partial charge on any atom is 0.178 e. The van der Waals surface area contributed by atoms with Crippen molar-refractivity contribution >= 4 is 17.3 Å². The highest BCUT2D eigenvalue weighted by molar-refractivity contribution is 5.82. The van der Waals surface area contributed by atoms with Gasteiger partial charge in [0.2, 0.25) is 0 Å². The van der Waals surface area contributed by atoms with Crippen molar-refractivity contribution in [1.29, 1.82) is 0 Å². The van der Waals surface area contributed by atoms with E-state index in [0.29, 0.717) is 16.6 Å². The van der Waals surface area contributed by atoms with Crippen LogP contribution in [0.25, 0.3) is 0 Å². The van der Waals surface area contributed by atoms with E-state index < -0.39 is 0 Å². The molecule has 0 amide bonds. The van der Waals surface area contributed by atoms with Crippen LogP contribution in [-0.2, 0) is 0 Å². The third-order valence-electron chi connectivity index (χ3n) is 9.28. The zero-order chi connectivity index (χ0) is 23.1. The molecule has 6 nitrogen and oxygen atoms in total. The highest BCUT2D eigenvalue weighted by Gasteiger charge is 2.52. The standard InChI is InChI=1S/C26H41N5O/c1-18(12-15-31-17-30(6)24-22(31)23(29-32)27-16-28-24)10-13-25(4)20(3)11-14-26(5)19(2)8-7-9-21(25)26/h8,12,16,20-21,32H,7,9-11,13-15,17H2,1-6H3,(H,27,28,29)/b18-12+/t20-,21-,25+,26+/m1/s1. The van der Waals surface area contributed by atoms with Gasteiger partial charge in [0.25, 0.3) is 0 Å². The van der Waals surface area contributed by atoms with Crippen molar-refractivity contribution in [1.82, 2.24) is 9.97 Å². The van der Waals surface area contributed by atoms with Gasteiger partial charge in [0.05, 0.1) is 6.67 Å². The Morgan fingerprint density at radius 1 is 1.31 bits per heavy atom. The first-order valence-corrected chi connectivity index (χ1v) is 12.2. The Morgan fingerprint density at radius 3 is 2.84 bits per heavy atom. The summed E-state index contributed by atoms with van der Waals surface area (Å²) in [6.07, 6.45) is 14.0. The van der Waals surface area contributed by atoms with Gasteiger partial charge in [-0.15, -0.1) is 0 Å². The average molecular weight is 440 g/mol. The molecule has 4 atom stereocenters. The lowest BCUT2D eigenvalue weighted by Gasteiger charge is -2.58. The number of aromatic nitrogens is 2. The predicted octanol–water partition coefficient (Wildman–Crippen LogP) is 6.02. The lowest BCUT2D eigenvalue weighted by molar-refractivity contribution is -0.0466. The Hall–Kier alpha value is -2.08. The van der Waals surface area contributed by atoms with Crippen molar-refractivity contribution in [3.05, 3.63) is 29.6 Å². The molecule has 0 spiro atoms. The fourth-order valence-corrected chi connectivity index (χ4v) is 6.73. The van der Waals surface area contributed by atoms with Crippen LogP contribution in [0.5, 0.6) is 0 Å². The highest BCUT2D eigenvalue weighted by Crippen LogP contribution is 2.61. The van der Waals surface area contributed by atoms with E-state index >= 15 is 0 Å². The summed E-state index contributed by atoms with van der Waals surface area (Å²) in [7, 11) is 2.02. The first-order chi connectivity index (χ1) is 15.2. The van der Waals surface area contributed by atoms with Gasteiger partial charge in [-0.05, 0) is 75.0 Å². The molecule has 0 aromatic carbocycles. The number of hydrogen-bond donors (Lipinski definition) is 2. The summed E-state index contributed by atoms with van der Waals surface area (Å²) in [5, 5.41) is 9.49. The van der Waals surface area contributed by atoms with Crippen molar-refractivity contribution in [2.24, 2.45) is 22.7 Å². The minimum Gasteiger partial charge on any atom is -0.344 e. The molecule has 176 valence electrons. The minimum absolute atomic E-state index is 0.384. The van der Waals surface area contributed by atoms with Crippen molar-refractivity contribution in [2.75, 3.05) is 35.5 Å². The molecule has 0 unspecified atom stereocenters. The number of hydrogen-bond acceptors (Lipinski definition) is 6. The fourth-order valence-electron chi connectivity index (χ4n) is 6.73. The van der Waals surface area contributed by atoms with Gasteiger partial charge < -0.3 is 9.80 Å². The van der Waals surface area contributed by atoms with Crippen molar-refractivity contribution in [3.63, 3.8) is 0 Å². The summed E-state index contributed by atoms with van der Waals surface area (Å²) in [6, 6.07) is 0. The second-order valence-corrected chi connectivity index (χ2v) is 11.0.